The maximum atomic E-state index is 11.6. The molecule has 5 nitrogen and oxygen atoms in total. The number of amides is 1. The molecule has 1 aromatic carbocycles. The Kier molecular flexibility index (Phi) is 3.94. The van der Waals surface area contributed by atoms with Crippen LogP contribution in [-0.2, 0) is 9.53 Å². The van der Waals surface area contributed by atoms with E-state index in [9.17, 15) is 4.79 Å². The number of nitrogens with one attached hydrogen (secondary N) is 2. The summed E-state index contributed by atoms with van der Waals surface area (Å²) in [7, 11) is 0. The molecule has 0 radical (unpaired) electrons. The van der Waals surface area contributed by atoms with Crippen molar-refractivity contribution < 1.29 is 9.53 Å². The van der Waals surface area contributed by atoms with E-state index in [4.69, 9.17) is 4.74 Å². The summed E-state index contributed by atoms with van der Waals surface area (Å²) < 4.78 is 5.18. The summed E-state index contributed by atoms with van der Waals surface area (Å²) in [6.07, 6.45) is 0.909. The van der Waals surface area contributed by atoms with Gasteiger partial charge in [-0.15, -0.1) is 0 Å². The van der Waals surface area contributed by atoms with Crippen molar-refractivity contribution in [3.63, 3.8) is 0 Å². The number of aromatic nitrogens is 2. The fraction of sp³-hybridized carbons (Fsp3) is 0.385. The van der Waals surface area contributed by atoms with Crippen molar-refractivity contribution in [1.29, 1.82) is 0 Å². The van der Waals surface area contributed by atoms with Crippen molar-refractivity contribution in [2.45, 2.75) is 20.3 Å². The zero-order valence-electron chi connectivity index (χ0n) is 10.6. The Morgan fingerprint density at radius 2 is 2.33 bits per heavy atom. The van der Waals surface area contributed by atoms with Gasteiger partial charge in [-0.25, -0.2) is 4.98 Å². The lowest BCUT2D eigenvalue weighted by molar-refractivity contribution is -0.120. The predicted octanol–water partition coefficient (Wildman–Crippen LogP) is 2.24. The zero-order valence-corrected chi connectivity index (χ0v) is 10.6. The lowest BCUT2D eigenvalue weighted by atomic mass is 10.3. The van der Waals surface area contributed by atoms with Gasteiger partial charge in [-0.1, -0.05) is 6.92 Å². The SMILES string of the molecule is CCCOCC(=O)Nc1ccc2nc(C)[nH]c2c1. The molecule has 0 spiro atoms. The number of imidazole rings is 1. The van der Waals surface area contributed by atoms with Crippen LogP contribution in [-0.4, -0.2) is 29.1 Å². The third-order valence-corrected chi connectivity index (χ3v) is 2.47. The number of ether oxygens (including phenoxy) is 1. The Morgan fingerprint density at radius 1 is 1.50 bits per heavy atom. The van der Waals surface area contributed by atoms with E-state index in [0.717, 1.165) is 29.0 Å². The summed E-state index contributed by atoms with van der Waals surface area (Å²) in [4.78, 5) is 19.0. The molecule has 0 saturated heterocycles. The molecule has 96 valence electrons. The molecule has 0 unspecified atom stereocenters. The lowest BCUT2D eigenvalue weighted by Gasteiger charge is -2.05. The van der Waals surface area contributed by atoms with Crippen LogP contribution in [0.15, 0.2) is 18.2 Å². The van der Waals surface area contributed by atoms with Crippen LogP contribution in [0.1, 0.15) is 19.2 Å². The average molecular weight is 247 g/mol. The first-order valence-corrected chi connectivity index (χ1v) is 6.03. The van der Waals surface area contributed by atoms with Gasteiger partial charge >= 0.3 is 0 Å². The summed E-state index contributed by atoms with van der Waals surface area (Å²) in [6, 6.07) is 5.58. The molecule has 18 heavy (non-hydrogen) atoms. The van der Waals surface area contributed by atoms with Crippen LogP contribution < -0.4 is 5.32 Å². The van der Waals surface area contributed by atoms with Crippen LogP contribution in [0.3, 0.4) is 0 Å². The highest BCUT2D eigenvalue weighted by Crippen LogP contribution is 2.16. The lowest BCUT2D eigenvalue weighted by Crippen LogP contribution is -2.18. The average Bonchev–Trinajstić information content (AvgIpc) is 2.69. The number of hydrogen-bond donors (Lipinski definition) is 2. The molecular formula is C13H17N3O2. The van der Waals surface area contributed by atoms with Gasteiger partial charge in [-0.05, 0) is 31.5 Å². The number of nitrogens with zero attached hydrogens (tertiary/aromatic N) is 1. The number of benzene rings is 1. The van der Waals surface area contributed by atoms with Crippen molar-refractivity contribution in [1.82, 2.24) is 9.97 Å². The van der Waals surface area contributed by atoms with Gasteiger partial charge < -0.3 is 15.0 Å². The number of carbonyl (C=O) groups excluding carboxylic acids is 1. The molecule has 1 aromatic heterocycles. The van der Waals surface area contributed by atoms with Crippen LogP contribution in [0.2, 0.25) is 0 Å². The number of aryl methyl sites for hydroxylation is 1. The zero-order chi connectivity index (χ0) is 13.0. The molecule has 0 bridgehead atoms. The molecule has 2 aromatic rings. The van der Waals surface area contributed by atoms with Crippen LogP contribution in [0.4, 0.5) is 5.69 Å². The van der Waals surface area contributed by atoms with Gasteiger partial charge in [0.2, 0.25) is 5.91 Å². The van der Waals surface area contributed by atoms with Crippen molar-refractivity contribution in [3.05, 3.63) is 24.0 Å². The van der Waals surface area contributed by atoms with Crippen molar-refractivity contribution in [2.75, 3.05) is 18.5 Å². The van der Waals surface area contributed by atoms with E-state index in [1.807, 2.05) is 32.0 Å². The van der Waals surface area contributed by atoms with E-state index in [-0.39, 0.29) is 12.5 Å². The molecule has 0 aliphatic heterocycles. The highest BCUT2D eigenvalue weighted by molar-refractivity contribution is 5.93. The van der Waals surface area contributed by atoms with Gasteiger partial charge in [0.15, 0.2) is 0 Å². The second-order valence-electron chi connectivity index (χ2n) is 4.15. The number of hydrogen-bond acceptors (Lipinski definition) is 3. The smallest absolute Gasteiger partial charge is 0.250 e. The normalized spacial score (nSPS) is 10.8. The Labute approximate surface area is 106 Å². The van der Waals surface area contributed by atoms with E-state index in [1.54, 1.807) is 0 Å². The molecule has 1 heterocycles. The fourth-order valence-corrected chi connectivity index (χ4v) is 1.72. The van der Waals surface area contributed by atoms with Gasteiger partial charge in [0.05, 0.1) is 11.0 Å². The monoisotopic (exact) mass is 247 g/mol. The first-order valence-electron chi connectivity index (χ1n) is 6.03. The van der Waals surface area contributed by atoms with Crippen LogP contribution >= 0.6 is 0 Å². The first kappa shape index (κ1) is 12.6. The van der Waals surface area contributed by atoms with Gasteiger partial charge in [0.25, 0.3) is 0 Å². The second-order valence-corrected chi connectivity index (χ2v) is 4.15. The van der Waals surface area contributed by atoms with Crippen molar-refractivity contribution >= 4 is 22.6 Å². The van der Waals surface area contributed by atoms with Gasteiger partial charge in [-0.2, -0.15) is 0 Å². The Balaban J connectivity index is 2.00. The van der Waals surface area contributed by atoms with Crippen LogP contribution in [0, 0.1) is 6.92 Å². The minimum Gasteiger partial charge on any atom is -0.372 e. The minimum atomic E-state index is -0.140. The summed E-state index contributed by atoms with van der Waals surface area (Å²) >= 11 is 0. The Hall–Kier alpha value is -1.88. The topological polar surface area (TPSA) is 67.0 Å². The highest BCUT2D eigenvalue weighted by atomic mass is 16.5. The van der Waals surface area contributed by atoms with E-state index < -0.39 is 0 Å². The molecule has 0 fully saturated rings. The maximum absolute atomic E-state index is 11.6. The van der Waals surface area contributed by atoms with E-state index in [0.29, 0.717) is 6.61 Å². The first-order chi connectivity index (χ1) is 8.69. The Morgan fingerprint density at radius 3 is 3.11 bits per heavy atom. The molecule has 2 rings (SSSR count). The summed E-state index contributed by atoms with van der Waals surface area (Å²) in [5.74, 6) is 0.721. The number of H-pyrrole nitrogens is 1. The highest BCUT2D eigenvalue weighted by Gasteiger charge is 2.04. The number of anilines is 1. The molecular weight excluding hydrogens is 230 g/mol. The molecule has 0 aliphatic rings. The molecule has 0 aliphatic carbocycles. The van der Waals surface area contributed by atoms with Crippen LogP contribution in [0.25, 0.3) is 11.0 Å². The minimum absolute atomic E-state index is 0.0912. The second kappa shape index (κ2) is 5.64. The Bertz CT molecular complexity index is 548. The standard InChI is InChI=1S/C13H17N3O2/c1-3-6-18-8-13(17)16-10-4-5-11-12(7-10)15-9(2)14-11/h4-5,7H,3,6,8H2,1-2H3,(H,14,15)(H,16,17). The summed E-state index contributed by atoms with van der Waals surface area (Å²) in [5, 5.41) is 2.79. The molecule has 0 atom stereocenters. The van der Waals surface area contributed by atoms with Crippen molar-refractivity contribution in [2.24, 2.45) is 0 Å². The van der Waals surface area contributed by atoms with E-state index in [1.165, 1.54) is 0 Å². The van der Waals surface area contributed by atoms with E-state index in [2.05, 4.69) is 15.3 Å². The number of fused-ring (bicyclic) bond motifs is 1. The summed E-state index contributed by atoms with van der Waals surface area (Å²) in [6.45, 7) is 4.60. The number of aromatic amines is 1. The quantitative estimate of drug-likeness (QED) is 0.796. The number of rotatable bonds is 5. The third-order valence-electron chi connectivity index (χ3n) is 2.47. The van der Waals surface area contributed by atoms with E-state index >= 15 is 0 Å². The van der Waals surface area contributed by atoms with Gasteiger partial charge in [-0.3, -0.25) is 4.79 Å². The molecule has 0 saturated carbocycles. The van der Waals surface area contributed by atoms with Gasteiger partial charge in [0.1, 0.15) is 12.4 Å². The third kappa shape index (κ3) is 3.07. The molecule has 5 heteroatoms. The maximum Gasteiger partial charge on any atom is 0.250 e. The van der Waals surface area contributed by atoms with Crippen LogP contribution in [0.5, 0.6) is 0 Å². The fourth-order valence-electron chi connectivity index (χ4n) is 1.72. The predicted molar refractivity (Wildman–Crippen MR) is 70.6 cm³/mol. The van der Waals surface area contributed by atoms with Gasteiger partial charge in [0, 0.05) is 12.3 Å². The number of carbonyl (C=O) groups is 1. The summed E-state index contributed by atoms with van der Waals surface area (Å²) in [5.41, 5.74) is 2.56. The largest absolute Gasteiger partial charge is 0.372 e. The molecule has 2 N–H and O–H groups in total. The van der Waals surface area contributed by atoms with Crippen molar-refractivity contribution in [3.8, 4) is 0 Å². The molecule has 1 amide bonds.